The lowest BCUT2D eigenvalue weighted by atomic mass is 9.49. The second kappa shape index (κ2) is 4.47. The third-order valence-corrected chi connectivity index (χ3v) is 6.63. The molecular formula is C18H29NO2. The molecule has 0 N–H and O–H groups in total. The molecule has 0 radical (unpaired) electrons. The molecule has 4 saturated carbocycles. The minimum absolute atomic E-state index is 0.0108. The van der Waals surface area contributed by atoms with Crippen molar-refractivity contribution in [2.45, 2.75) is 70.9 Å². The molecule has 0 aromatic rings. The van der Waals surface area contributed by atoms with Crippen LogP contribution in [-0.2, 0) is 9.53 Å². The van der Waals surface area contributed by atoms with E-state index >= 15 is 0 Å². The van der Waals surface area contributed by atoms with Crippen LogP contribution in [0, 0.1) is 23.2 Å². The van der Waals surface area contributed by atoms with Gasteiger partial charge >= 0.3 is 0 Å². The van der Waals surface area contributed by atoms with E-state index in [1.54, 1.807) is 0 Å². The molecule has 1 amide bonds. The van der Waals surface area contributed by atoms with Crippen molar-refractivity contribution in [3.05, 3.63) is 0 Å². The van der Waals surface area contributed by atoms with Gasteiger partial charge in [0.1, 0.15) is 0 Å². The smallest absolute Gasteiger partial charge is 0.229 e. The molecule has 5 aliphatic rings. The van der Waals surface area contributed by atoms with E-state index in [9.17, 15) is 4.79 Å². The average Bonchev–Trinajstić information content (AvgIpc) is 2.39. The van der Waals surface area contributed by atoms with E-state index in [0.29, 0.717) is 12.5 Å². The van der Waals surface area contributed by atoms with Crippen molar-refractivity contribution in [3.63, 3.8) is 0 Å². The van der Waals surface area contributed by atoms with Crippen LogP contribution in [0.3, 0.4) is 0 Å². The first-order valence-corrected chi connectivity index (χ1v) is 8.82. The first kappa shape index (κ1) is 14.0. The van der Waals surface area contributed by atoms with Gasteiger partial charge in [-0.05, 0) is 77.0 Å². The number of ether oxygens (including phenoxy) is 1. The molecule has 0 aromatic heterocycles. The maximum Gasteiger partial charge on any atom is 0.229 e. The van der Waals surface area contributed by atoms with Crippen LogP contribution < -0.4 is 0 Å². The van der Waals surface area contributed by atoms with Crippen LogP contribution in [0.25, 0.3) is 0 Å². The molecule has 4 bridgehead atoms. The fraction of sp³-hybridized carbons (Fsp3) is 0.944. The Morgan fingerprint density at radius 1 is 1.05 bits per heavy atom. The monoisotopic (exact) mass is 291 g/mol. The Hall–Kier alpha value is -0.570. The molecule has 1 heterocycles. The molecule has 4 aliphatic carbocycles. The van der Waals surface area contributed by atoms with E-state index in [0.717, 1.165) is 24.3 Å². The Morgan fingerprint density at radius 2 is 1.57 bits per heavy atom. The summed E-state index contributed by atoms with van der Waals surface area (Å²) in [6, 6.07) is 0. The van der Waals surface area contributed by atoms with Gasteiger partial charge in [0.25, 0.3) is 0 Å². The van der Waals surface area contributed by atoms with Gasteiger partial charge in [0.05, 0.1) is 23.7 Å². The Kier molecular flexibility index (Phi) is 2.99. The largest absolute Gasteiger partial charge is 0.374 e. The summed E-state index contributed by atoms with van der Waals surface area (Å²) in [7, 11) is 0. The molecule has 0 aromatic carbocycles. The number of morpholine rings is 1. The number of carbonyl (C=O) groups excluding carboxylic acids is 1. The highest BCUT2D eigenvalue weighted by molar-refractivity contribution is 5.84. The third-order valence-electron chi connectivity index (χ3n) is 6.63. The number of carbonyl (C=O) groups is 1. The van der Waals surface area contributed by atoms with Crippen molar-refractivity contribution in [2.75, 3.05) is 13.2 Å². The van der Waals surface area contributed by atoms with Gasteiger partial charge in [-0.25, -0.2) is 0 Å². The zero-order valence-corrected chi connectivity index (χ0v) is 13.7. The lowest BCUT2D eigenvalue weighted by Crippen LogP contribution is -2.63. The topological polar surface area (TPSA) is 29.5 Å². The number of hydrogen-bond donors (Lipinski definition) is 0. The van der Waals surface area contributed by atoms with Crippen LogP contribution in [0.4, 0.5) is 0 Å². The number of hydrogen-bond acceptors (Lipinski definition) is 2. The van der Waals surface area contributed by atoms with Gasteiger partial charge < -0.3 is 9.64 Å². The van der Waals surface area contributed by atoms with Crippen molar-refractivity contribution in [1.29, 1.82) is 0 Å². The van der Waals surface area contributed by atoms with E-state index in [1.807, 2.05) is 0 Å². The maximum absolute atomic E-state index is 13.5. The van der Waals surface area contributed by atoms with Crippen LogP contribution in [-0.4, -0.2) is 35.6 Å². The zero-order chi connectivity index (χ0) is 14.8. The summed E-state index contributed by atoms with van der Waals surface area (Å²) in [5.74, 6) is 2.96. The van der Waals surface area contributed by atoms with Crippen molar-refractivity contribution in [3.8, 4) is 0 Å². The molecule has 5 rings (SSSR count). The minimum Gasteiger partial charge on any atom is -0.374 e. The minimum atomic E-state index is -0.146. The molecule has 1 unspecified atom stereocenters. The molecule has 3 nitrogen and oxygen atoms in total. The van der Waals surface area contributed by atoms with Gasteiger partial charge in [0.15, 0.2) is 0 Å². The second-order valence-corrected chi connectivity index (χ2v) is 9.05. The molecule has 5 fully saturated rings. The van der Waals surface area contributed by atoms with E-state index in [4.69, 9.17) is 4.74 Å². The summed E-state index contributed by atoms with van der Waals surface area (Å²) >= 11 is 0. The summed E-state index contributed by atoms with van der Waals surface area (Å²) < 4.78 is 5.80. The second-order valence-electron chi connectivity index (χ2n) is 9.05. The highest BCUT2D eigenvalue weighted by Crippen LogP contribution is 2.60. The lowest BCUT2D eigenvalue weighted by Gasteiger charge is -2.58. The zero-order valence-electron chi connectivity index (χ0n) is 13.7. The van der Waals surface area contributed by atoms with Gasteiger partial charge in [-0.15, -0.1) is 0 Å². The fourth-order valence-corrected chi connectivity index (χ4v) is 6.00. The molecule has 3 heteroatoms. The SMILES string of the molecule is CC1CN(C(=O)C23CC4CC(CC(C4)C2)C3)C(C)(C)CO1. The van der Waals surface area contributed by atoms with Crippen molar-refractivity contribution in [1.82, 2.24) is 4.90 Å². The Bertz CT molecular complexity index is 421. The van der Waals surface area contributed by atoms with Gasteiger partial charge in [0.2, 0.25) is 5.91 Å². The maximum atomic E-state index is 13.5. The van der Waals surface area contributed by atoms with Gasteiger partial charge in [-0.3, -0.25) is 4.79 Å². The highest BCUT2D eigenvalue weighted by Gasteiger charge is 2.57. The molecule has 1 atom stereocenters. The number of nitrogens with zero attached hydrogens (tertiary/aromatic N) is 1. The Morgan fingerprint density at radius 3 is 2.10 bits per heavy atom. The summed E-state index contributed by atoms with van der Waals surface area (Å²) in [4.78, 5) is 15.7. The van der Waals surface area contributed by atoms with Gasteiger partial charge in [-0.2, -0.15) is 0 Å². The molecule has 1 saturated heterocycles. The predicted octanol–water partition coefficient (Wildman–Crippen LogP) is 3.23. The van der Waals surface area contributed by atoms with Crippen molar-refractivity contribution >= 4 is 5.91 Å². The summed E-state index contributed by atoms with van der Waals surface area (Å²) in [5.41, 5.74) is -0.157. The van der Waals surface area contributed by atoms with E-state index in [1.165, 1.54) is 38.5 Å². The Balaban J connectivity index is 1.62. The van der Waals surface area contributed by atoms with Gasteiger partial charge in [-0.1, -0.05) is 0 Å². The Labute approximate surface area is 128 Å². The molecular weight excluding hydrogens is 262 g/mol. The van der Waals surface area contributed by atoms with E-state index in [2.05, 4.69) is 25.7 Å². The first-order chi connectivity index (χ1) is 9.88. The van der Waals surface area contributed by atoms with Crippen molar-refractivity contribution in [2.24, 2.45) is 23.2 Å². The van der Waals surface area contributed by atoms with Crippen LogP contribution in [0.15, 0.2) is 0 Å². The molecule has 1 aliphatic heterocycles. The third kappa shape index (κ3) is 2.15. The number of rotatable bonds is 1. The first-order valence-electron chi connectivity index (χ1n) is 8.82. The van der Waals surface area contributed by atoms with E-state index in [-0.39, 0.29) is 17.1 Å². The quantitative estimate of drug-likeness (QED) is 0.742. The standard InChI is InChI=1S/C18H29NO2/c1-12-10-19(17(2,3)11-21-12)16(20)18-7-13-4-14(8-18)6-15(5-13)9-18/h12-15H,4-11H2,1-3H3. The van der Waals surface area contributed by atoms with E-state index < -0.39 is 0 Å². The predicted molar refractivity (Wildman–Crippen MR) is 81.8 cm³/mol. The summed E-state index contributed by atoms with van der Waals surface area (Å²) in [6.45, 7) is 7.86. The lowest BCUT2D eigenvalue weighted by molar-refractivity contribution is -0.176. The highest BCUT2D eigenvalue weighted by atomic mass is 16.5. The molecule has 21 heavy (non-hydrogen) atoms. The molecule has 118 valence electrons. The van der Waals surface area contributed by atoms with Crippen LogP contribution in [0.5, 0.6) is 0 Å². The van der Waals surface area contributed by atoms with Crippen LogP contribution in [0.1, 0.15) is 59.3 Å². The summed E-state index contributed by atoms with van der Waals surface area (Å²) in [5, 5.41) is 0. The van der Waals surface area contributed by atoms with Gasteiger partial charge in [0, 0.05) is 6.54 Å². The normalized spacial score (nSPS) is 47.7. The fourth-order valence-electron chi connectivity index (χ4n) is 6.00. The molecule has 0 spiro atoms. The van der Waals surface area contributed by atoms with Crippen molar-refractivity contribution < 1.29 is 9.53 Å². The average molecular weight is 291 g/mol. The summed E-state index contributed by atoms with van der Waals surface area (Å²) in [6.07, 6.45) is 7.87. The van der Waals surface area contributed by atoms with Crippen LogP contribution in [0.2, 0.25) is 0 Å². The van der Waals surface area contributed by atoms with Crippen LogP contribution >= 0.6 is 0 Å². The number of amides is 1.